The molecule has 4 aliphatic rings. The highest BCUT2D eigenvalue weighted by Gasteiger charge is 2.68. The minimum absolute atomic E-state index is 0.0166. The second-order valence-corrected chi connectivity index (χ2v) is 16.9. The largest absolute Gasteiger partial charge is 0.504 e. The highest BCUT2D eigenvalue weighted by Crippen LogP contribution is 2.64. The number of likely N-dealkylation sites (tertiary alicyclic amines) is 1. The Balaban J connectivity index is 1.27. The van der Waals surface area contributed by atoms with Gasteiger partial charge < -0.3 is 9.84 Å². The van der Waals surface area contributed by atoms with Gasteiger partial charge in [-0.25, -0.2) is 4.90 Å². The molecule has 1 N–H and O–H groups in total. The summed E-state index contributed by atoms with van der Waals surface area (Å²) < 4.78 is 8.72. The van der Waals surface area contributed by atoms with Gasteiger partial charge in [-0.05, 0) is 108 Å². The van der Waals surface area contributed by atoms with E-state index in [1.807, 2.05) is 73.7 Å². The second kappa shape index (κ2) is 12.2. The van der Waals surface area contributed by atoms with Gasteiger partial charge in [0.05, 0.1) is 38.7 Å². The number of imide groups is 2. The number of rotatable bonds is 6. The predicted molar refractivity (Wildman–Crippen MR) is 203 cm³/mol. The number of benzene rings is 2. The highest BCUT2D eigenvalue weighted by molar-refractivity contribution is 14.1. The number of fused-ring (bicyclic) bond motifs is 5. The molecule has 2 aromatic carbocycles. The Kier molecular flexibility index (Phi) is 8.19. The normalized spacial score (nSPS) is 27.3. The lowest BCUT2D eigenvalue weighted by molar-refractivity contribution is -0.140. The van der Waals surface area contributed by atoms with E-state index < -0.39 is 35.0 Å². The number of aryl methyl sites for hydroxylation is 2. The monoisotopic (exact) mass is 838 g/mol. The quantitative estimate of drug-likeness (QED) is 0.124. The number of methoxy groups -OCH3 is 1. The molecule has 0 unspecified atom stereocenters. The molecule has 264 valence electrons. The van der Waals surface area contributed by atoms with Gasteiger partial charge in [-0.15, -0.1) is 11.3 Å². The van der Waals surface area contributed by atoms with Crippen molar-refractivity contribution in [1.82, 2.24) is 14.7 Å². The number of hydrogen-bond acceptors (Lipinski definition) is 8. The van der Waals surface area contributed by atoms with Crippen LogP contribution in [0, 0.1) is 39.6 Å². The number of ether oxygens (including phenoxy) is 1. The van der Waals surface area contributed by atoms with Crippen LogP contribution in [0.5, 0.6) is 11.5 Å². The van der Waals surface area contributed by atoms with Gasteiger partial charge in [0.1, 0.15) is 11.5 Å². The molecule has 0 radical (unpaired) electrons. The molecule has 8 rings (SSSR count). The van der Waals surface area contributed by atoms with E-state index in [1.54, 1.807) is 35.2 Å². The van der Waals surface area contributed by atoms with Gasteiger partial charge in [0.25, 0.3) is 0 Å². The summed E-state index contributed by atoms with van der Waals surface area (Å²) in [5.41, 5.74) is 1.98. The minimum atomic E-state index is -1.25. The third kappa shape index (κ3) is 4.81. The number of anilines is 1. The summed E-state index contributed by atoms with van der Waals surface area (Å²) in [4.78, 5) is 61.0. The fourth-order valence-electron chi connectivity index (χ4n) is 9.25. The van der Waals surface area contributed by atoms with E-state index in [0.29, 0.717) is 45.1 Å². The average Bonchev–Trinajstić information content (AvgIpc) is 3.77. The Hall–Kier alpha value is -3.75. The molecule has 0 spiro atoms. The average molecular weight is 839 g/mol. The molecule has 2 aromatic heterocycles. The Bertz CT molecular complexity index is 2250. The van der Waals surface area contributed by atoms with E-state index in [9.17, 15) is 19.5 Å². The van der Waals surface area contributed by atoms with Crippen molar-refractivity contribution in [2.45, 2.75) is 46.0 Å². The summed E-state index contributed by atoms with van der Waals surface area (Å²) in [5.74, 6) is -3.44. The molecule has 2 aliphatic heterocycles. The van der Waals surface area contributed by atoms with E-state index in [-0.39, 0.29) is 41.5 Å². The topological polar surface area (TPSA) is 122 Å². The Labute approximate surface area is 317 Å². The lowest BCUT2D eigenvalue weighted by Gasteiger charge is -2.49. The Morgan fingerprint density at radius 1 is 1.10 bits per heavy atom. The number of amides is 4. The highest BCUT2D eigenvalue weighted by atomic mass is 127. The molecule has 4 aromatic rings. The maximum absolute atomic E-state index is 15.1. The summed E-state index contributed by atoms with van der Waals surface area (Å²) in [6.45, 7) is 6.15. The van der Waals surface area contributed by atoms with Gasteiger partial charge >= 0.3 is 0 Å². The standard InChI is InChI=1S/C38H36ClIN4O6S/c1-6-11-43-34(46)21-9-8-20-23(30(21)36(43)48)15-24-35(47)44(37(49)38(24,3)31(20)18-12-25(40)32(45)27(13-18)50-5)29-16-26(41-42(29)4)33-17(2)22-14-19(39)7-10-28(22)51-33/h7-8,10,12-14,16,21,23-24,30-31,45H,6,9,11,15H2,1-5H3/t21-,23+,24-,30-,31-,38+/m0/s1. The van der Waals surface area contributed by atoms with Crippen LogP contribution in [-0.4, -0.2) is 57.1 Å². The molecule has 2 aliphatic carbocycles. The van der Waals surface area contributed by atoms with Gasteiger partial charge in [-0.2, -0.15) is 5.10 Å². The molecular formula is C38H36ClIN4O6S. The number of aromatic nitrogens is 2. The van der Waals surface area contributed by atoms with Gasteiger partial charge in [0.15, 0.2) is 11.5 Å². The molecule has 1 saturated carbocycles. The number of phenols is 1. The zero-order valence-electron chi connectivity index (χ0n) is 28.7. The summed E-state index contributed by atoms with van der Waals surface area (Å²) in [5, 5.41) is 17.2. The van der Waals surface area contributed by atoms with Crippen molar-refractivity contribution < 1.29 is 29.0 Å². The van der Waals surface area contributed by atoms with Crippen LogP contribution in [0.1, 0.15) is 50.2 Å². The number of nitrogens with zero attached hydrogens (tertiary/aromatic N) is 4. The summed E-state index contributed by atoms with van der Waals surface area (Å²) in [7, 11) is 3.20. The van der Waals surface area contributed by atoms with E-state index >= 15 is 4.79 Å². The first-order valence-corrected chi connectivity index (χ1v) is 19.3. The van der Waals surface area contributed by atoms with Crippen LogP contribution in [0.3, 0.4) is 0 Å². The lowest BCUT2D eigenvalue weighted by Crippen LogP contribution is -2.49. The summed E-state index contributed by atoms with van der Waals surface area (Å²) >= 11 is 9.92. The first-order chi connectivity index (χ1) is 24.3. The number of aromatic hydroxyl groups is 1. The zero-order chi connectivity index (χ0) is 36.3. The summed E-state index contributed by atoms with van der Waals surface area (Å²) in [6, 6.07) is 11.1. The van der Waals surface area contributed by atoms with Crippen molar-refractivity contribution in [2.24, 2.45) is 36.1 Å². The van der Waals surface area contributed by atoms with E-state index in [1.165, 1.54) is 16.9 Å². The molecule has 6 atom stereocenters. The van der Waals surface area contributed by atoms with E-state index in [0.717, 1.165) is 26.1 Å². The van der Waals surface area contributed by atoms with Crippen molar-refractivity contribution >= 4 is 85.1 Å². The molecule has 10 nitrogen and oxygen atoms in total. The van der Waals surface area contributed by atoms with Crippen molar-refractivity contribution in [3.05, 3.63) is 67.8 Å². The zero-order valence-corrected chi connectivity index (χ0v) is 32.4. The molecule has 4 amide bonds. The second-order valence-electron chi connectivity index (χ2n) is 14.3. The first kappa shape index (κ1) is 34.3. The Morgan fingerprint density at radius 3 is 2.59 bits per heavy atom. The number of hydrogen-bond donors (Lipinski definition) is 1. The van der Waals surface area contributed by atoms with Crippen LogP contribution in [-0.2, 0) is 26.2 Å². The van der Waals surface area contributed by atoms with E-state index in [4.69, 9.17) is 21.4 Å². The predicted octanol–water partition coefficient (Wildman–Crippen LogP) is 7.22. The maximum Gasteiger partial charge on any atom is 0.242 e. The maximum atomic E-state index is 15.1. The van der Waals surface area contributed by atoms with Crippen LogP contribution < -0.4 is 9.64 Å². The van der Waals surface area contributed by atoms with Crippen molar-refractivity contribution in [1.29, 1.82) is 0 Å². The van der Waals surface area contributed by atoms with Crippen molar-refractivity contribution in [3.63, 3.8) is 0 Å². The van der Waals surface area contributed by atoms with Crippen LogP contribution in [0.2, 0.25) is 5.02 Å². The number of carbonyl (C=O) groups is 4. The molecule has 3 fully saturated rings. The third-order valence-corrected chi connectivity index (χ3v) is 14.0. The fourth-order valence-corrected chi connectivity index (χ4v) is 11.2. The van der Waals surface area contributed by atoms with Crippen molar-refractivity contribution in [3.8, 4) is 22.1 Å². The number of halogens is 2. The van der Waals surface area contributed by atoms with Crippen LogP contribution in [0.15, 0.2) is 48.0 Å². The molecule has 4 heterocycles. The summed E-state index contributed by atoms with van der Waals surface area (Å²) in [6.07, 6.45) is 3.32. The smallest absolute Gasteiger partial charge is 0.242 e. The van der Waals surface area contributed by atoms with Crippen LogP contribution >= 0.6 is 45.5 Å². The third-order valence-electron chi connectivity index (χ3n) is 11.6. The molecular weight excluding hydrogens is 803 g/mol. The van der Waals surface area contributed by atoms with E-state index in [2.05, 4.69) is 0 Å². The molecule has 13 heteroatoms. The number of thiophene rings is 1. The number of allylic oxidation sites excluding steroid dienone is 2. The first-order valence-electron chi connectivity index (χ1n) is 17.0. The Morgan fingerprint density at radius 2 is 1.86 bits per heavy atom. The number of phenolic OH excluding ortho intramolecular Hbond substituents is 1. The van der Waals surface area contributed by atoms with Crippen LogP contribution in [0.4, 0.5) is 5.82 Å². The van der Waals surface area contributed by atoms with Crippen LogP contribution in [0.25, 0.3) is 20.7 Å². The van der Waals surface area contributed by atoms with Gasteiger partial charge in [-0.3, -0.25) is 28.8 Å². The lowest BCUT2D eigenvalue weighted by atomic mass is 9.51. The van der Waals surface area contributed by atoms with Gasteiger partial charge in [0, 0.05) is 35.3 Å². The fraction of sp³-hybridized carbons (Fsp3) is 0.395. The number of carbonyl (C=O) groups excluding carboxylic acids is 4. The minimum Gasteiger partial charge on any atom is -0.504 e. The molecule has 51 heavy (non-hydrogen) atoms. The van der Waals surface area contributed by atoms with Gasteiger partial charge in [-0.1, -0.05) is 30.2 Å². The van der Waals surface area contributed by atoms with Gasteiger partial charge in [0.2, 0.25) is 23.6 Å². The molecule has 0 bridgehead atoms. The SMILES string of the molecule is CCCN1C(=O)[C@H]2[C@H](CC=C3[C@H]2C[C@H]2C(=O)N(c4cc(-c5sc6ccc(Cl)cc6c5C)nn4C)C(=O)[C@@]2(C)[C@H]3c2cc(I)c(O)c(OC)c2)C1=O. The molecule has 2 saturated heterocycles. The van der Waals surface area contributed by atoms with Crippen molar-refractivity contribution in [2.75, 3.05) is 18.6 Å².